The van der Waals surface area contributed by atoms with E-state index in [0.29, 0.717) is 11.5 Å². The molecular weight excluding hydrogens is 328 g/mol. The Kier molecular flexibility index (Phi) is 4.36. The molecule has 1 saturated heterocycles. The van der Waals surface area contributed by atoms with Gasteiger partial charge in [0.15, 0.2) is 0 Å². The Morgan fingerprint density at radius 3 is 2.80 bits per heavy atom. The second kappa shape index (κ2) is 6.48. The average molecular weight is 346 g/mol. The van der Waals surface area contributed by atoms with E-state index in [1.54, 1.807) is 6.92 Å². The molecule has 132 valence electrons. The molecule has 0 aromatic carbocycles. The van der Waals surface area contributed by atoms with Gasteiger partial charge in [0.2, 0.25) is 5.43 Å². The van der Waals surface area contributed by atoms with Crippen LogP contribution in [0.5, 0.6) is 0 Å². The molecule has 2 amide bonds. The lowest BCUT2D eigenvalue weighted by Crippen LogP contribution is -2.64. The van der Waals surface area contributed by atoms with E-state index >= 15 is 0 Å². The van der Waals surface area contributed by atoms with Crippen LogP contribution < -0.4 is 10.7 Å². The molecule has 4 N–H and O–H groups in total. The zero-order valence-corrected chi connectivity index (χ0v) is 13.6. The molecule has 1 aliphatic rings. The van der Waals surface area contributed by atoms with Crippen molar-refractivity contribution in [2.45, 2.75) is 18.9 Å². The van der Waals surface area contributed by atoms with Crippen molar-refractivity contribution < 1.29 is 14.7 Å². The predicted octanol–water partition coefficient (Wildman–Crippen LogP) is -1.19. The Morgan fingerprint density at radius 1 is 1.40 bits per heavy atom. The summed E-state index contributed by atoms with van der Waals surface area (Å²) in [5.41, 5.74) is -1.19. The van der Waals surface area contributed by atoms with Gasteiger partial charge >= 0.3 is 0 Å². The van der Waals surface area contributed by atoms with Gasteiger partial charge in [-0.05, 0) is 13.3 Å². The third-order valence-corrected chi connectivity index (χ3v) is 4.04. The summed E-state index contributed by atoms with van der Waals surface area (Å²) in [4.78, 5) is 43.9. The highest BCUT2D eigenvalue weighted by Gasteiger charge is 2.43. The minimum atomic E-state index is -1.05. The Morgan fingerprint density at radius 2 is 2.16 bits per heavy atom. The molecule has 25 heavy (non-hydrogen) atoms. The van der Waals surface area contributed by atoms with E-state index in [1.807, 2.05) is 0 Å². The number of amides is 2. The van der Waals surface area contributed by atoms with Gasteiger partial charge < -0.3 is 20.3 Å². The molecule has 3 heterocycles. The van der Waals surface area contributed by atoms with Crippen molar-refractivity contribution in [1.29, 1.82) is 0 Å². The molecule has 1 fully saturated rings. The van der Waals surface area contributed by atoms with E-state index in [9.17, 15) is 19.5 Å². The first-order valence-electron chi connectivity index (χ1n) is 7.72. The number of imidazole rings is 1. The first-order valence-corrected chi connectivity index (χ1v) is 7.72. The molecule has 1 aliphatic heterocycles. The molecule has 3 rings (SSSR count). The Labute approximate surface area is 142 Å². The summed E-state index contributed by atoms with van der Waals surface area (Å²) in [5.74, 6) is -0.113. The van der Waals surface area contributed by atoms with E-state index in [4.69, 9.17) is 0 Å². The number of aromatic amines is 2. The van der Waals surface area contributed by atoms with Gasteiger partial charge in [0.25, 0.3) is 11.8 Å². The zero-order valence-electron chi connectivity index (χ0n) is 13.6. The van der Waals surface area contributed by atoms with Crippen LogP contribution in [-0.2, 0) is 0 Å². The second-order valence-electron chi connectivity index (χ2n) is 6.08. The molecular formula is C15H18N6O4. The minimum Gasteiger partial charge on any atom is -0.386 e. The summed E-state index contributed by atoms with van der Waals surface area (Å²) < 4.78 is 0. The Bertz CT molecular complexity index is 851. The lowest BCUT2D eigenvalue weighted by Gasteiger charge is -2.46. The maximum absolute atomic E-state index is 12.2. The van der Waals surface area contributed by atoms with Crippen LogP contribution in [0.3, 0.4) is 0 Å². The van der Waals surface area contributed by atoms with Crippen LogP contribution in [0.25, 0.3) is 0 Å². The summed E-state index contributed by atoms with van der Waals surface area (Å²) in [7, 11) is 0. The average Bonchev–Trinajstić information content (AvgIpc) is 2.98. The fraction of sp³-hybridized carbons (Fsp3) is 0.400. The Hall–Kier alpha value is -3.01. The van der Waals surface area contributed by atoms with E-state index in [0.717, 1.165) is 6.20 Å². The minimum absolute atomic E-state index is 0.0398. The van der Waals surface area contributed by atoms with Crippen LogP contribution in [0, 0.1) is 6.92 Å². The van der Waals surface area contributed by atoms with Crippen LogP contribution >= 0.6 is 0 Å². The molecule has 0 aliphatic carbocycles. The summed E-state index contributed by atoms with van der Waals surface area (Å²) in [5, 5.41) is 18.9. The van der Waals surface area contributed by atoms with E-state index in [-0.39, 0.29) is 37.5 Å². The summed E-state index contributed by atoms with van der Waals surface area (Å²) in [6.07, 6.45) is 3.98. The van der Waals surface area contributed by atoms with Crippen molar-refractivity contribution in [2.75, 3.05) is 19.6 Å². The standard InChI is InChI=1S/C15H18N6O4/c1-9-17-5-11(20-9)14(24)21-7-15(25,8-21)2-3-16-13(23)10-4-18-19-6-12(10)22/h4-6,25H,2-3,7-8H2,1H3,(H,16,23)(H,17,20)(H,18,22). The van der Waals surface area contributed by atoms with Crippen molar-refractivity contribution in [3.05, 3.63) is 45.9 Å². The van der Waals surface area contributed by atoms with Gasteiger partial charge in [-0.25, -0.2) is 4.98 Å². The second-order valence-corrected chi connectivity index (χ2v) is 6.08. The number of β-amino-alcohol motifs (C(OH)–C–C–N with tert-alkyl or cyclic N) is 1. The number of aryl methyl sites for hydroxylation is 1. The molecule has 0 spiro atoms. The highest BCUT2D eigenvalue weighted by Crippen LogP contribution is 2.25. The molecule has 10 heteroatoms. The number of hydrogen-bond donors (Lipinski definition) is 4. The van der Waals surface area contributed by atoms with Gasteiger partial charge in [-0.1, -0.05) is 0 Å². The maximum Gasteiger partial charge on any atom is 0.272 e. The van der Waals surface area contributed by atoms with Crippen molar-refractivity contribution >= 4 is 11.8 Å². The number of nitrogens with one attached hydrogen (secondary N) is 3. The maximum atomic E-state index is 12.2. The molecule has 0 saturated carbocycles. The number of hydrogen-bond acceptors (Lipinski definition) is 6. The number of likely N-dealkylation sites (tertiary alicyclic amines) is 1. The molecule has 0 radical (unpaired) electrons. The largest absolute Gasteiger partial charge is 0.386 e. The van der Waals surface area contributed by atoms with Gasteiger partial charge in [0.05, 0.1) is 25.5 Å². The monoisotopic (exact) mass is 346 g/mol. The van der Waals surface area contributed by atoms with Gasteiger partial charge in [0, 0.05) is 12.7 Å². The van der Waals surface area contributed by atoms with Gasteiger partial charge in [-0.15, -0.1) is 0 Å². The van der Waals surface area contributed by atoms with Crippen LogP contribution in [0.1, 0.15) is 33.1 Å². The Balaban J connectivity index is 1.47. The lowest BCUT2D eigenvalue weighted by atomic mass is 9.90. The first kappa shape index (κ1) is 16.8. The summed E-state index contributed by atoms with van der Waals surface area (Å²) in [6.45, 7) is 2.29. The smallest absolute Gasteiger partial charge is 0.272 e. The highest BCUT2D eigenvalue weighted by molar-refractivity contribution is 5.94. The van der Waals surface area contributed by atoms with Crippen molar-refractivity contribution in [1.82, 2.24) is 30.4 Å². The van der Waals surface area contributed by atoms with E-state index in [1.165, 1.54) is 17.3 Å². The molecule has 0 bridgehead atoms. The molecule has 0 atom stereocenters. The van der Waals surface area contributed by atoms with Crippen LogP contribution in [0.15, 0.2) is 23.4 Å². The fourth-order valence-corrected chi connectivity index (χ4v) is 2.69. The molecule has 0 unspecified atom stereocenters. The van der Waals surface area contributed by atoms with E-state index in [2.05, 4.69) is 25.5 Å². The van der Waals surface area contributed by atoms with Gasteiger partial charge in [0.1, 0.15) is 22.7 Å². The topological polar surface area (TPSA) is 144 Å². The quantitative estimate of drug-likeness (QED) is 0.536. The molecule has 2 aromatic heterocycles. The fourth-order valence-electron chi connectivity index (χ4n) is 2.69. The highest BCUT2D eigenvalue weighted by atomic mass is 16.3. The first-order chi connectivity index (χ1) is 11.9. The third kappa shape index (κ3) is 3.58. The number of carbonyl (C=O) groups is 2. The number of aromatic nitrogens is 4. The van der Waals surface area contributed by atoms with Crippen LogP contribution in [0.4, 0.5) is 0 Å². The zero-order chi connectivity index (χ0) is 18.0. The van der Waals surface area contributed by atoms with Crippen LogP contribution in [0.2, 0.25) is 0 Å². The van der Waals surface area contributed by atoms with Crippen molar-refractivity contribution in [3.8, 4) is 0 Å². The van der Waals surface area contributed by atoms with E-state index < -0.39 is 16.9 Å². The van der Waals surface area contributed by atoms with Crippen LogP contribution in [-0.4, -0.2) is 67.2 Å². The number of aliphatic hydroxyl groups is 1. The SMILES string of the molecule is Cc1ncc(C(=O)N2CC(O)(CCNC(=O)c3c[nH]ncc3=O)C2)[nH]1. The third-order valence-electron chi connectivity index (χ3n) is 4.04. The predicted molar refractivity (Wildman–Crippen MR) is 86.0 cm³/mol. The van der Waals surface area contributed by atoms with Gasteiger partial charge in [-0.3, -0.25) is 19.5 Å². The summed E-state index contributed by atoms with van der Waals surface area (Å²) in [6, 6.07) is 0. The normalized spacial score (nSPS) is 15.5. The molecule has 2 aromatic rings. The van der Waals surface area contributed by atoms with Gasteiger partial charge in [-0.2, -0.15) is 5.10 Å². The summed E-state index contributed by atoms with van der Waals surface area (Å²) >= 11 is 0. The number of H-pyrrole nitrogens is 2. The lowest BCUT2D eigenvalue weighted by molar-refractivity contribution is -0.0849. The van der Waals surface area contributed by atoms with Crippen molar-refractivity contribution in [2.24, 2.45) is 0 Å². The van der Waals surface area contributed by atoms with Crippen molar-refractivity contribution in [3.63, 3.8) is 0 Å². The number of nitrogens with zero attached hydrogens (tertiary/aromatic N) is 3. The number of rotatable bonds is 5. The molecule has 10 nitrogen and oxygen atoms in total. The number of carbonyl (C=O) groups excluding carboxylic acids is 2.